The van der Waals surface area contributed by atoms with Gasteiger partial charge >= 0.3 is 12.4 Å². The van der Waals surface area contributed by atoms with E-state index in [0.717, 1.165) is 12.1 Å². The minimum Gasteiger partial charge on any atom is -0.383 e. The summed E-state index contributed by atoms with van der Waals surface area (Å²) in [6.45, 7) is 3.14. The first-order valence-electron chi connectivity index (χ1n) is 9.71. The summed E-state index contributed by atoms with van der Waals surface area (Å²) in [4.78, 5) is 1.73. The SMILES string of the molecule is COCCN(CC1CO1)c1ccc(Cc2ccc(C)cc2C(F)(F)F)c(C(F)(F)F)c1. The van der Waals surface area contributed by atoms with Gasteiger partial charge in [-0.25, -0.2) is 0 Å². The van der Waals surface area contributed by atoms with Crippen LogP contribution in [0, 0.1) is 6.92 Å². The molecule has 31 heavy (non-hydrogen) atoms. The molecule has 2 aromatic carbocycles. The molecule has 1 aliphatic rings. The summed E-state index contributed by atoms with van der Waals surface area (Å²) in [6, 6.07) is 7.42. The number of nitrogens with zero attached hydrogens (tertiary/aromatic N) is 1. The Labute approximate surface area is 176 Å². The lowest BCUT2D eigenvalue weighted by Gasteiger charge is -2.26. The number of halogens is 6. The maximum absolute atomic E-state index is 13.8. The molecule has 170 valence electrons. The Balaban J connectivity index is 1.98. The molecule has 0 amide bonds. The highest BCUT2D eigenvalue weighted by molar-refractivity contribution is 5.53. The highest BCUT2D eigenvalue weighted by atomic mass is 19.4. The molecule has 0 bridgehead atoms. The molecule has 0 N–H and O–H groups in total. The molecule has 3 rings (SSSR count). The van der Waals surface area contributed by atoms with E-state index in [2.05, 4.69) is 0 Å². The zero-order chi connectivity index (χ0) is 22.8. The van der Waals surface area contributed by atoms with Crippen LogP contribution in [0.4, 0.5) is 32.0 Å². The molecule has 1 saturated heterocycles. The Kier molecular flexibility index (Phi) is 6.85. The van der Waals surface area contributed by atoms with Crippen molar-refractivity contribution in [2.45, 2.75) is 31.8 Å². The van der Waals surface area contributed by atoms with Crippen LogP contribution in [0.15, 0.2) is 36.4 Å². The van der Waals surface area contributed by atoms with Gasteiger partial charge in [-0.15, -0.1) is 0 Å². The quantitative estimate of drug-likeness (QED) is 0.396. The maximum Gasteiger partial charge on any atom is 0.416 e. The van der Waals surface area contributed by atoms with Crippen molar-refractivity contribution in [3.8, 4) is 0 Å². The summed E-state index contributed by atoms with van der Waals surface area (Å²) >= 11 is 0. The predicted octanol–water partition coefficient (Wildman–Crippen LogP) is 5.48. The van der Waals surface area contributed by atoms with E-state index in [-0.39, 0.29) is 17.2 Å². The minimum atomic E-state index is -4.71. The summed E-state index contributed by atoms with van der Waals surface area (Å²) in [5, 5.41) is 0. The van der Waals surface area contributed by atoms with Crippen LogP contribution in [0.25, 0.3) is 0 Å². The molecule has 3 nitrogen and oxygen atoms in total. The number of alkyl halides is 6. The average Bonchev–Trinajstić information content (AvgIpc) is 3.49. The van der Waals surface area contributed by atoms with Crippen LogP contribution >= 0.6 is 0 Å². The molecular weight excluding hydrogens is 424 g/mol. The number of hydrogen-bond acceptors (Lipinski definition) is 3. The molecule has 1 heterocycles. The van der Waals surface area contributed by atoms with Crippen molar-refractivity contribution >= 4 is 5.69 Å². The summed E-state index contributed by atoms with van der Waals surface area (Å²) in [7, 11) is 1.50. The van der Waals surface area contributed by atoms with Crippen LogP contribution in [-0.4, -0.2) is 39.5 Å². The zero-order valence-electron chi connectivity index (χ0n) is 17.1. The van der Waals surface area contributed by atoms with Gasteiger partial charge < -0.3 is 14.4 Å². The van der Waals surface area contributed by atoms with Gasteiger partial charge in [0, 0.05) is 25.9 Å². The van der Waals surface area contributed by atoms with E-state index in [1.165, 1.54) is 38.3 Å². The fraction of sp³-hybridized carbons (Fsp3) is 0.455. The molecule has 0 radical (unpaired) electrons. The number of epoxide rings is 1. The molecule has 2 aromatic rings. The van der Waals surface area contributed by atoms with Crippen molar-refractivity contribution in [1.82, 2.24) is 0 Å². The van der Waals surface area contributed by atoms with Gasteiger partial charge in [0.15, 0.2) is 0 Å². The molecular formula is C22H23F6NO2. The first-order valence-corrected chi connectivity index (χ1v) is 9.71. The van der Waals surface area contributed by atoms with Gasteiger partial charge in [-0.3, -0.25) is 0 Å². The molecule has 9 heteroatoms. The second-order valence-corrected chi connectivity index (χ2v) is 7.57. The lowest BCUT2D eigenvalue weighted by Crippen LogP contribution is -2.31. The topological polar surface area (TPSA) is 25.0 Å². The van der Waals surface area contributed by atoms with Crippen LogP contribution in [0.3, 0.4) is 0 Å². The number of aryl methyl sites for hydroxylation is 1. The Hall–Kier alpha value is -2.26. The van der Waals surface area contributed by atoms with Crippen molar-refractivity contribution in [3.05, 3.63) is 64.2 Å². The Bertz CT molecular complexity index is 906. The van der Waals surface area contributed by atoms with Crippen LogP contribution in [0.5, 0.6) is 0 Å². The monoisotopic (exact) mass is 447 g/mol. The van der Waals surface area contributed by atoms with Crippen molar-refractivity contribution in [3.63, 3.8) is 0 Å². The van der Waals surface area contributed by atoms with Crippen LogP contribution < -0.4 is 4.90 Å². The molecule has 1 atom stereocenters. The summed E-state index contributed by atoms with van der Waals surface area (Å²) in [5.41, 5.74) is -1.56. The van der Waals surface area contributed by atoms with E-state index in [1.807, 2.05) is 0 Å². The fourth-order valence-electron chi connectivity index (χ4n) is 3.44. The van der Waals surface area contributed by atoms with Crippen LogP contribution in [0.1, 0.15) is 27.8 Å². The first-order chi connectivity index (χ1) is 14.5. The van der Waals surface area contributed by atoms with Gasteiger partial charge in [-0.1, -0.05) is 23.8 Å². The van der Waals surface area contributed by atoms with Crippen molar-refractivity contribution in [2.24, 2.45) is 0 Å². The van der Waals surface area contributed by atoms with Crippen molar-refractivity contribution < 1.29 is 35.8 Å². The fourth-order valence-corrected chi connectivity index (χ4v) is 3.44. The second kappa shape index (κ2) is 9.08. The number of rotatable bonds is 8. The van der Waals surface area contributed by atoms with E-state index in [1.54, 1.807) is 4.90 Å². The molecule has 0 saturated carbocycles. The van der Waals surface area contributed by atoms with E-state index < -0.39 is 29.9 Å². The first kappa shape index (κ1) is 23.4. The molecule has 1 aliphatic heterocycles. The highest BCUT2D eigenvalue weighted by Gasteiger charge is 2.37. The van der Waals surface area contributed by atoms with Gasteiger partial charge in [0.1, 0.15) is 0 Å². The van der Waals surface area contributed by atoms with Gasteiger partial charge in [0.05, 0.1) is 30.4 Å². The number of hydrogen-bond donors (Lipinski definition) is 0. The smallest absolute Gasteiger partial charge is 0.383 e. The van der Waals surface area contributed by atoms with Gasteiger partial charge in [-0.2, -0.15) is 26.3 Å². The number of ether oxygens (including phenoxy) is 2. The molecule has 1 unspecified atom stereocenters. The van der Waals surface area contributed by atoms with Gasteiger partial charge in [0.25, 0.3) is 0 Å². The second-order valence-electron chi connectivity index (χ2n) is 7.57. The minimum absolute atomic E-state index is 0.0484. The van der Waals surface area contributed by atoms with E-state index in [0.29, 0.717) is 37.6 Å². The summed E-state index contributed by atoms with van der Waals surface area (Å²) < 4.78 is 92.0. The van der Waals surface area contributed by atoms with E-state index >= 15 is 0 Å². The van der Waals surface area contributed by atoms with E-state index in [4.69, 9.17) is 9.47 Å². The molecule has 0 aromatic heterocycles. The lowest BCUT2D eigenvalue weighted by atomic mass is 9.94. The zero-order valence-corrected chi connectivity index (χ0v) is 17.1. The number of anilines is 1. The summed E-state index contributed by atoms with van der Waals surface area (Å²) in [5.74, 6) is 0. The third kappa shape index (κ3) is 6.13. The van der Waals surface area contributed by atoms with Gasteiger partial charge in [-0.05, 0) is 42.7 Å². The highest BCUT2D eigenvalue weighted by Crippen LogP contribution is 2.38. The van der Waals surface area contributed by atoms with E-state index in [9.17, 15) is 26.3 Å². The number of benzene rings is 2. The Morgan fingerprint density at radius 3 is 2.10 bits per heavy atom. The molecule has 0 aliphatic carbocycles. The van der Waals surface area contributed by atoms with Crippen LogP contribution in [-0.2, 0) is 28.2 Å². The molecule has 0 spiro atoms. The normalized spacial score (nSPS) is 16.5. The third-order valence-electron chi connectivity index (χ3n) is 5.11. The number of methoxy groups -OCH3 is 1. The standard InChI is InChI=1S/C22H23F6NO2/c1-14-3-4-15(19(9-14)21(23,24)25)10-16-5-6-17(11-20(16)22(26,27)28)29(7-8-30-2)12-18-13-31-18/h3-6,9,11,18H,7-8,10,12-13H2,1-2H3. The Morgan fingerprint density at radius 2 is 1.55 bits per heavy atom. The summed E-state index contributed by atoms with van der Waals surface area (Å²) in [6.07, 6.45) is -9.89. The van der Waals surface area contributed by atoms with Crippen molar-refractivity contribution in [2.75, 3.05) is 38.3 Å². The van der Waals surface area contributed by atoms with Gasteiger partial charge in [0.2, 0.25) is 0 Å². The lowest BCUT2D eigenvalue weighted by molar-refractivity contribution is -0.138. The third-order valence-corrected chi connectivity index (χ3v) is 5.11. The largest absolute Gasteiger partial charge is 0.416 e. The maximum atomic E-state index is 13.8. The van der Waals surface area contributed by atoms with Crippen LogP contribution in [0.2, 0.25) is 0 Å². The predicted molar refractivity (Wildman–Crippen MR) is 104 cm³/mol. The average molecular weight is 447 g/mol. The Morgan fingerprint density at radius 1 is 0.968 bits per heavy atom. The van der Waals surface area contributed by atoms with Crippen molar-refractivity contribution in [1.29, 1.82) is 0 Å². The molecule has 1 fully saturated rings.